The molecule has 0 aromatic heterocycles. The van der Waals surface area contributed by atoms with Gasteiger partial charge in [0.2, 0.25) is 5.90 Å². The number of aliphatic hydroxyl groups excluding tert-OH is 1. The van der Waals surface area contributed by atoms with Gasteiger partial charge in [-0.15, -0.1) is 0 Å². The van der Waals surface area contributed by atoms with Crippen LogP contribution < -0.4 is 15.6 Å². The third-order valence-corrected chi connectivity index (χ3v) is 9.00. The Hall–Kier alpha value is -5.64. The van der Waals surface area contributed by atoms with Crippen molar-refractivity contribution >= 4 is 29.1 Å². The van der Waals surface area contributed by atoms with Crippen LogP contribution in [0.5, 0.6) is 5.75 Å². The van der Waals surface area contributed by atoms with Gasteiger partial charge in [0.25, 0.3) is 5.91 Å². The highest BCUT2D eigenvalue weighted by Gasteiger charge is 2.53. The van der Waals surface area contributed by atoms with Crippen molar-refractivity contribution in [2.45, 2.75) is 30.9 Å². The first-order valence-electron chi connectivity index (χ1n) is 16.7. The summed E-state index contributed by atoms with van der Waals surface area (Å²) in [5, 5.41) is 13.7. The van der Waals surface area contributed by atoms with Gasteiger partial charge in [-0.05, 0) is 70.1 Å². The number of halogens is 1. The van der Waals surface area contributed by atoms with E-state index in [1.165, 1.54) is 0 Å². The molecular weight excluding hydrogens is 664 g/mol. The zero-order valence-corrected chi connectivity index (χ0v) is 28.5. The van der Waals surface area contributed by atoms with Crippen LogP contribution in [-0.2, 0) is 22.4 Å². The second kappa shape index (κ2) is 16.8. The molecule has 1 aliphatic heterocycles. The summed E-state index contributed by atoms with van der Waals surface area (Å²) in [7, 11) is 0. The van der Waals surface area contributed by atoms with Crippen molar-refractivity contribution in [1.29, 1.82) is 0 Å². The van der Waals surface area contributed by atoms with Gasteiger partial charge in [0.05, 0.1) is 6.61 Å². The van der Waals surface area contributed by atoms with Crippen LogP contribution in [0.15, 0.2) is 138 Å². The molecule has 258 valence electrons. The number of nitrogens with one attached hydrogen (secondary N) is 2. The lowest BCUT2D eigenvalue weighted by atomic mass is 9.81. The lowest BCUT2D eigenvalue weighted by molar-refractivity contribution is -0.130. The number of nitrogens with zero attached hydrogens (tertiary/aromatic N) is 4. The summed E-state index contributed by atoms with van der Waals surface area (Å²) in [5.41, 5.74) is 19.3. The van der Waals surface area contributed by atoms with Crippen molar-refractivity contribution in [3.8, 4) is 16.9 Å². The standard InChI is InChI=1S/C40H37ClN6O4/c41-35-13-6-4-11-30(35)23-24-43-46-39(49)40(27-33-12-5-7-14-36(33)45-47-42)37(31-17-15-29(16-18-31)28-9-2-1-3-10-28)51-38(44-40)32-19-21-34(22-20-32)50-26-8-25-48/h1-7,9-22,37,43,48H,8,23-27H2,(H,46,49)/t37-,40-/m0/s1. The molecule has 3 N–H and O–H groups in total. The lowest BCUT2D eigenvalue weighted by Crippen LogP contribution is -2.54. The number of hydrogen-bond acceptors (Lipinski definition) is 7. The van der Waals surface area contributed by atoms with Gasteiger partial charge >= 0.3 is 0 Å². The second-order valence-corrected chi connectivity index (χ2v) is 12.4. The van der Waals surface area contributed by atoms with E-state index >= 15 is 0 Å². The number of aliphatic imine (C=N–C) groups is 1. The van der Waals surface area contributed by atoms with E-state index in [4.69, 9.17) is 31.2 Å². The molecule has 1 amide bonds. The van der Waals surface area contributed by atoms with Crippen molar-refractivity contribution in [2.24, 2.45) is 10.1 Å². The number of azide groups is 1. The molecule has 0 saturated carbocycles. The molecule has 51 heavy (non-hydrogen) atoms. The Labute approximate surface area is 301 Å². The summed E-state index contributed by atoms with van der Waals surface area (Å²) in [4.78, 5) is 22.8. The average molecular weight is 701 g/mol. The number of hydrogen-bond donors (Lipinski definition) is 3. The summed E-state index contributed by atoms with van der Waals surface area (Å²) >= 11 is 6.37. The van der Waals surface area contributed by atoms with E-state index in [-0.39, 0.29) is 18.9 Å². The highest BCUT2D eigenvalue weighted by atomic mass is 35.5. The maximum Gasteiger partial charge on any atom is 0.266 e. The first kappa shape index (κ1) is 35.2. The molecule has 6 rings (SSSR count). The highest BCUT2D eigenvalue weighted by Crippen LogP contribution is 2.44. The minimum absolute atomic E-state index is 0.0399. The molecule has 0 radical (unpaired) electrons. The number of hydrazine groups is 1. The second-order valence-electron chi connectivity index (χ2n) is 12.0. The number of carbonyl (C=O) groups excluding carboxylic acids is 1. The molecule has 1 heterocycles. The van der Waals surface area contributed by atoms with E-state index in [1.54, 1.807) is 24.3 Å². The molecule has 2 atom stereocenters. The number of rotatable bonds is 15. The third-order valence-electron chi connectivity index (χ3n) is 8.63. The van der Waals surface area contributed by atoms with Crippen LogP contribution in [0, 0.1) is 0 Å². The lowest BCUT2D eigenvalue weighted by Gasteiger charge is -2.31. The summed E-state index contributed by atoms with van der Waals surface area (Å²) < 4.78 is 12.4. The Kier molecular flexibility index (Phi) is 11.6. The predicted octanol–water partition coefficient (Wildman–Crippen LogP) is 8.07. The van der Waals surface area contributed by atoms with E-state index in [2.05, 4.69) is 20.9 Å². The van der Waals surface area contributed by atoms with Crippen molar-refractivity contribution < 1.29 is 19.4 Å². The topological polar surface area (TPSA) is 141 Å². The molecule has 0 saturated heterocycles. The van der Waals surface area contributed by atoms with Crippen LogP contribution in [0.2, 0.25) is 5.02 Å². The van der Waals surface area contributed by atoms with Gasteiger partial charge in [-0.1, -0.05) is 114 Å². The quantitative estimate of drug-likeness (QED) is 0.0333. The number of benzene rings is 5. The average Bonchev–Trinajstić information content (AvgIpc) is 3.56. The zero-order chi connectivity index (χ0) is 35.5. The minimum atomic E-state index is -1.53. The first-order valence-corrected chi connectivity index (χ1v) is 17.0. The van der Waals surface area contributed by atoms with Gasteiger partial charge in [-0.25, -0.2) is 10.4 Å². The summed E-state index contributed by atoms with van der Waals surface area (Å²) in [6, 6.07) is 39.9. The molecule has 5 aromatic carbocycles. The van der Waals surface area contributed by atoms with Gasteiger partial charge in [0.15, 0.2) is 11.6 Å². The van der Waals surface area contributed by atoms with Gasteiger partial charge in [-0.2, -0.15) is 0 Å². The van der Waals surface area contributed by atoms with E-state index in [0.29, 0.717) is 53.6 Å². The normalized spacial score (nSPS) is 16.4. The molecule has 1 aliphatic rings. The number of amides is 1. The molecular formula is C40H37ClN6O4. The monoisotopic (exact) mass is 700 g/mol. The maximum atomic E-state index is 14.6. The van der Waals surface area contributed by atoms with E-state index < -0.39 is 17.6 Å². The molecule has 0 aliphatic carbocycles. The summed E-state index contributed by atoms with van der Waals surface area (Å²) in [6.45, 7) is 0.830. The number of ether oxygens (including phenoxy) is 2. The van der Waals surface area contributed by atoms with Crippen molar-refractivity contribution in [1.82, 2.24) is 10.9 Å². The van der Waals surface area contributed by atoms with E-state index in [9.17, 15) is 10.3 Å². The maximum absolute atomic E-state index is 14.6. The van der Waals surface area contributed by atoms with E-state index in [0.717, 1.165) is 22.3 Å². The molecule has 5 aromatic rings. The van der Waals surface area contributed by atoms with Crippen molar-refractivity contribution in [3.05, 3.63) is 165 Å². The Balaban J connectivity index is 1.39. The Morgan fingerprint density at radius 2 is 1.55 bits per heavy atom. The van der Waals surface area contributed by atoms with Crippen LogP contribution >= 0.6 is 11.6 Å². The van der Waals surface area contributed by atoms with Gasteiger partial charge in [0, 0.05) is 47.2 Å². The Morgan fingerprint density at radius 3 is 2.27 bits per heavy atom. The number of aliphatic hydroxyl groups is 1. The van der Waals surface area contributed by atoms with Crippen LogP contribution in [0.4, 0.5) is 5.69 Å². The zero-order valence-electron chi connectivity index (χ0n) is 27.8. The molecule has 0 fully saturated rings. The van der Waals surface area contributed by atoms with Gasteiger partial charge in [0.1, 0.15) is 5.75 Å². The molecule has 10 nitrogen and oxygen atoms in total. The number of carbonyl (C=O) groups is 1. The van der Waals surface area contributed by atoms with Crippen molar-refractivity contribution in [3.63, 3.8) is 0 Å². The predicted molar refractivity (Wildman–Crippen MR) is 199 cm³/mol. The van der Waals surface area contributed by atoms with Gasteiger partial charge < -0.3 is 14.6 Å². The van der Waals surface area contributed by atoms with Crippen LogP contribution in [0.25, 0.3) is 21.6 Å². The molecule has 11 heteroatoms. The Bertz CT molecular complexity index is 2020. The van der Waals surface area contributed by atoms with Crippen molar-refractivity contribution in [2.75, 3.05) is 19.8 Å². The Morgan fingerprint density at radius 1 is 0.882 bits per heavy atom. The van der Waals surface area contributed by atoms with E-state index in [1.807, 2.05) is 103 Å². The molecule has 0 unspecified atom stereocenters. The fourth-order valence-corrected chi connectivity index (χ4v) is 6.24. The summed E-state index contributed by atoms with van der Waals surface area (Å²) in [5.74, 6) is 0.490. The third kappa shape index (κ3) is 8.40. The SMILES string of the molecule is [N-]=[N+]=Nc1ccccc1C[C@]1(C(=O)NNCCc2ccccc2Cl)N=C(c2ccc(OCCCO)cc2)O[C@H]1c1ccc(-c2ccccc2)cc1. The summed E-state index contributed by atoms with van der Waals surface area (Å²) in [6.07, 6.45) is 0.303. The first-order chi connectivity index (χ1) is 25.0. The fourth-order valence-electron chi connectivity index (χ4n) is 6.01. The van der Waals surface area contributed by atoms with Crippen LogP contribution in [0.3, 0.4) is 0 Å². The smallest absolute Gasteiger partial charge is 0.266 e. The highest BCUT2D eigenvalue weighted by molar-refractivity contribution is 6.31. The molecule has 0 bridgehead atoms. The minimum Gasteiger partial charge on any atom is -0.494 e. The van der Waals surface area contributed by atoms with Crippen LogP contribution in [0.1, 0.15) is 34.8 Å². The van der Waals surface area contributed by atoms with Gasteiger partial charge in [-0.3, -0.25) is 10.2 Å². The largest absolute Gasteiger partial charge is 0.494 e. The molecule has 0 spiro atoms. The van der Waals surface area contributed by atoms with Crippen LogP contribution in [-0.4, -0.2) is 42.2 Å². The fraction of sp³-hybridized carbons (Fsp3) is 0.200.